The molecule has 0 spiro atoms. The Morgan fingerprint density at radius 2 is 2.16 bits per heavy atom. The zero-order valence-corrected chi connectivity index (χ0v) is 10.7. The fourth-order valence-corrected chi connectivity index (χ4v) is 1.83. The van der Waals surface area contributed by atoms with Crippen LogP contribution in [0.5, 0.6) is 0 Å². The molecule has 6 nitrogen and oxygen atoms in total. The zero-order valence-electron chi connectivity index (χ0n) is 10.7. The van der Waals surface area contributed by atoms with Gasteiger partial charge in [0.2, 0.25) is 0 Å². The summed E-state index contributed by atoms with van der Waals surface area (Å²) in [4.78, 5) is 27.7. The van der Waals surface area contributed by atoms with Crippen LogP contribution in [0.2, 0.25) is 0 Å². The third-order valence-corrected chi connectivity index (χ3v) is 2.83. The Morgan fingerprint density at radius 3 is 2.84 bits per heavy atom. The Hall–Kier alpha value is -2.21. The van der Waals surface area contributed by atoms with Crippen molar-refractivity contribution in [1.29, 1.82) is 0 Å². The minimum atomic E-state index is -1.78. The maximum atomic E-state index is 12.2. The summed E-state index contributed by atoms with van der Waals surface area (Å²) in [6.45, 7) is 1.08. The minimum absolute atomic E-state index is 0.212. The third-order valence-electron chi connectivity index (χ3n) is 2.83. The number of aromatic nitrogens is 2. The average molecular weight is 262 g/mol. The molecule has 100 valence electrons. The fourth-order valence-electron chi connectivity index (χ4n) is 1.83. The van der Waals surface area contributed by atoms with E-state index in [2.05, 4.69) is 9.72 Å². The topological polar surface area (TPSA) is 81.4 Å². The van der Waals surface area contributed by atoms with Crippen molar-refractivity contribution < 1.29 is 14.6 Å². The van der Waals surface area contributed by atoms with E-state index in [1.165, 1.54) is 24.9 Å². The van der Waals surface area contributed by atoms with Crippen molar-refractivity contribution in [2.75, 3.05) is 7.11 Å². The van der Waals surface area contributed by atoms with E-state index in [1.807, 2.05) is 0 Å². The van der Waals surface area contributed by atoms with Gasteiger partial charge in [-0.2, -0.15) is 0 Å². The molecule has 0 aliphatic heterocycles. The highest BCUT2D eigenvalue weighted by atomic mass is 16.5. The molecule has 1 unspecified atom stereocenters. The predicted molar refractivity (Wildman–Crippen MR) is 68.6 cm³/mol. The maximum absolute atomic E-state index is 12.2. The van der Waals surface area contributed by atoms with E-state index in [0.717, 1.165) is 0 Å². The van der Waals surface area contributed by atoms with Crippen LogP contribution in [0.15, 0.2) is 35.4 Å². The molecule has 6 heteroatoms. The largest absolute Gasteiger partial charge is 0.467 e. The summed E-state index contributed by atoms with van der Waals surface area (Å²) in [6, 6.07) is 6.88. The monoisotopic (exact) mass is 262 g/mol. The molecular weight excluding hydrogens is 248 g/mol. The van der Waals surface area contributed by atoms with Gasteiger partial charge in [0, 0.05) is 0 Å². The smallest absolute Gasteiger partial charge is 0.339 e. The molecule has 1 atom stereocenters. The average Bonchev–Trinajstić information content (AvgIpc) is 2.41. The van der Waals surface area contributed by atoms with E-state index in [4.69, 9.17) is 0 Å². The number of methoxy groups -OCH3 is 1. The maximum Gasteiger partial charge on any atom is 0.339 e. The van der Waals surface area contributed by atoms with E-state index >= 15 is 0 Å². The summed E-state index contributed by atoms with van der Waals surface area (Å²) < 4.78 is 5.68. The van der Waals surface area contributed by atoms with Crippen molar-refractivity contribution in [2.45, 2.75) is 19.1 Å². The Balaban J connectivity index is 2.45. The van der Waals surface area contributed by atoms with Crippen LogP contribution in [0.3, 0.4) is 0 Å². The number of hydrogen-bond donors (Lipinski definition) is 1. The van der Waals surface area contributed by atoms with E-state index in [-0.39, 0.29) is 12.1 Å². The predicted octanol–water partition coefficient (Wildman–Crippen LogP) is 0.320. The summed E-state index contributed by atoms with van der Waals surface area (Å²) in [5.41, 5.74) is -1.51. The van der Waals surface area contributed by atoms with Gasteiger partial charge in [0.1, 0.15) is 0 Å². The molecule has 0 aliphatic rings. The van der Waals surface area contributed by atoms with Crippen molar-refractivity contribution in [1.82, 2.24) is 9.55 Å². The van der Waals surface area contributed by atoms with Gasteiger partial charge in [-0.1, -0.05) is 12.1 Å². The number of esters is 1. The standard InChI is InChI=1S/C13H14N2O4/c1-13(18,12(17)19-2)7-15-8-14-10-6-4-3-5-9(10)11(15)16/h3-6,8,18H,7H2,1-2H3. The first-order chi connectivity index (χ1) is 8.95. The molecule has 0 saturated heterocycles. The van der Waals surface area contributed by atoms with Crippen LogP contribution in [0.25, 0.3) is 10.9 Å². The second-order valence-electron chi connectivity index (χ2n) is 4.46. The van der Waals surface area contributed by atoms with Crippen LogP contribution in [0, 0.1) is 0 Å². The molecule has 1 aromatic carbocycles. The molecule has 0 fully saturated rings. The molecule has 0 radical (unpaired) electrons. The Morgan fingerprint density at radius 1 is 1.47 bits per heavy atom. The second kappa shape index (κ2) is 4.81. The highest BCUT2D eigenvalue weighted by molar-refractivity contribution is 5.79. The summed E-state index contributed by atoms with van der Waals surface area (Å²) >= 11 is 0. The number of fused-ring (bicyclic) bond motifs is 1. The summed E-state index contributed by atoms with van der Waals surface area (Å²) in [7, 11) is 1.18. The second-order valence-corrected chi connectivity index (χ2v) is 4.46. The quantitative estimate of drug-likeness (QED) is 0.806. The van der Waals surface area contributed by atoms with Crippen LogP contribution in [-0.2, 0) is 16.1 Å². The number of nitrogens with zero attached hydrogens (tertiary/aromatic N) is 2. The number of carbonyl (C=O) groups excluding carboxylic acids is 1. The van der Waals surface area contributed by atoms with Gasteiger partial charge in [-0.25, -0.2) is 9.78 Å². The van der Waals surface area contributed by atoms with E-state index < -0.39 is 11.6 Å². The summed E-state index contributed by atoms with van der Waals surface area (Å²) in [5, 5.41) is 10.4. The minimum Gasteiger partial charge on any atom is -0.467 e. The highest BCUT2D eigenvalue weighted by Gasteiger charge is 2.32. The summed E-state index contributed by atoms with van der Waals surface area (Å²) in [6.07, 6.45) is 1.31. The van der Waals surface area contributed by atoms with Crippen molar-refractivity contribution in [3.05, 3.63) is 40.9 Å². The van der Waals surface area contributed by atoms with E-state index in [1.54, 1.807) is 24.3 Å². The van der Waals surface area contributed by atoms with Gasteiger partial charge in [0.25, 0.3) is 5.56 Å². The van der Waals surface area contributed by atoms with Gasteiger partial charge >= 0.3 is 5.97 Å². The molecule has 1 heterocycles. The van der Waals surface area contributed by atoms with Crippen molar-refractivity contribution >= 4 is 16.9 Å². The lowest BCUT2D eigenvalue weighted by molar-refractivity contribution is -0.161. The summed E-state index contributed by atoms with van der Waals surface area (Å²) in [5.74, 6) is -0.799. The Labute approximate surface area is 109 Å². The number of carbonyl (C=O) groups is 1. The molecule has 0 aliphatic carbocycles. The lowest BCUT2D eigenvalue weighted by atomic mass is 10.1. The zero-order chi connectivity index (χ0) is 14.0. The lowest BCUT2D eigenvalue weighted by Gasteiger charge is -2.20. The van der Waals surface area contributed by atoms with E-state index in [0.29, 0.717) is 10.9 Å². The van der Waals surface area contributed by atoms with Crippen LogP contribution in [-0.4, -0.2) is 33.3 Å². The lowest BCUT2D eigenvalue weighted by Crippen LogP contribution is -2.43. The number of aliphatic hydroxyl groups is 1. The van der Waals surface area contributed by atoms with Crippen molar-refractivity contribution in [3.63, 3.8) is 0 Å². The molecule has 2 rings (SSSR count). The first-order valence-corrected chi connectivity index (χ1v) is 5.70. The van der Waals surface area contributed by atoms with Crippen LogP contribution < -0.4 is 5.56 Å². The highest BCUT2D eigenvalue weighted by Crippen LogP contribution is 2.10. The first-order valence-electron chi connectivity index (χ1n) is 5.70. The number of rotatable bonds is 3. The number of hydrogen-bond acceptors (Lipinski definition) is 5. The van der Waals surface area contributed by atoms with Gasteiger partial charge in [0.15, 0.2) is 5.60 Å². The van der Waals surface area contributed by atoms with Crippen molar-refractivity contribution in [2.24, 2.45) is 0 Å². The molecule has 0 saturated carbocycles. The molecule has 19 heavy (non-hydrogen) atoms. The SMILES string of the molecule is COC(=O)C(C)(O)Cn1cnc2ccccc2c1=O. The third kappa shape index (κ3) is 2.48. The van der Waals surface area contributed by atoms with Crippen molar-refractivity contribution in [3.8, 4) is 0 Å². The van der Waals surface area contributed by atoms with Gasteiger partial charge in [0.05, 0.1) is 30.9 Å². The number of para-hydroxylation sites is 1. The normalized spacial score (nSPS) is 14.1. The molecule has 0 amide bonds. The fraction of sp³-hybridized carbons (Fsp3) is 0.308. The van der Waals surface area contributed by atoms with Gasteiger partial charge < -0.3 is 9.84 Å². The molecule has 1 aromatic heterocycles. The Bertz CT molecular complexity index is 676. The van der Waals surface area contributed by atoms with Gasteiger partial charge in [-0.3, -0.25) is 9.36 Å². The van der Waals surface area contributed by atoms with Crippen LogP contribution in [0.4, 0.5) is 0 Å². The van der Waals surface area contributed by atoms with E-state index in [9.17, 15) is 14.7 Å². The molecule has 2 aromatic rings. The molecule has 1 N–H and O–H groups in total. The number of ether oxygens (including phenoxy) is 1. The first kappa shape index (κ1) is 13.2. The molecular formula is C13H14N2O4. The number of benzene rings is 1. The van der Waals surface area contributed by atoms with Crippen LogP contribution >= 0.6 is 0 Å². The molecule has 0 bridgehead atoms. The Kier molecular flexibility index (Phi) is 3.35. The van der Waals surface area contributed by atoms with Gasteiger partial charge in [-0.15, -0.1) is 0 Å². The van der Waals surface area contributed by atoms with Gasteiger partial charge in [-0.05, 0) is 19.1 Å². The van der Waals surface area contributed by atoms with Crippen LogP contribution in [0.1, 0.15) is 6.92 Å².